The predicted molar refractivity (Wildman–Crippen MR) is 94.0 cm³/mol. The van der Waals surface area contributed by atoms with Crippen LogP contribution < -0.4 is 10.6 Å². The lowest BCUT2D eigenvalue weighted by Crippen LogP contribution is -2.18. The molecule has 2 N–H and O–H groups in total. The number of rotatable bonds is 5. The smallest absolute Gasteiger partial charge is 0.276 e. The van der Waals surface area contributed by atoms with Gasteiger partial charge in [0, 0.05) is 11.7 Å². The molecule has 2 aromatic rings. The number of amides is 1. The number of anilines is 2. The Kier molecular flexibility index (Phi) is 5.32. The highest BCUT2D eigenvalue weighted by atomic mass is 16.1. The average molecular weight is 312 g/mol. The van der Waals surface area contributed by atoms with E-state index >= 15 is 0 Å². The van der Waals surface area contributed by atoms with Gasteiger partial charge in [-0.05, 0) is 57.4 Å². The Bertz CT molecular complexity index is 672. The quantitative estimate of drug-likeness (QED) is 0.879. The maximum absolute atomic E-state index is 12.4. The number of benzene rings is 1. The van der Waals surface area contributed by atoms with Gasteiger partial charge in [0.15, 0.2) is 5.69 Å². The fraction of sp³-hybridized carbons (Fsp3) is 0.389. The first-order chi connectivity index (χ1) is 10.9. The zero-order valence-corrected chi connectivity index (χ0v) is 14.4. The van der Waals surface area contributed by atoms with Crippen LogP contribution in [0.1, 0.15) is 47.4 Å². The summed E-state index contributed by atoms with van der Waals surface area (Å²) in [5.74, 6) is 0.432. The highest BCUT2D eigenvalue weighted by molar-refractivity contribution is 6.03. The summed E-state index contributed by atoms with van der Waals surface area (Å²) in [4.78, 5) is 12.4. The molecule has 0 aliphatic rings. The van der Waals surface area contributed by atoms with Crippen LogP contribution in [0.3, 0.4) is 0 Å². The molecule has 122 valence electrons. The minimum atomic E-state index is -0.248. The summed E-state index contributed by atoms with van der Waals surface area (Å²) < 4.78 is 0. The van der Waals surface area contributed by atoms with Crippen LogP contribution in [-0.4, -0.2) is 22.1 Å². The van der Waals surface area contributed by atoms with Gasteiger partial charge in [-0.1, -0.05) is 24.6 Å². The first-order valence-corrected chi connectivity index (χ1v) is 7.90. The van der Waals surface area contributed by atoms with Gasteiger partial charge in [0.25, 0.3) is 5.91 Å². The molecule has 1 aromatic heterocycles. The van der Waals surface area contributed by atoms with Gasteiger partial charge in [0.05, 0.1) is 0 Å². The molecule has 0 aliphatic carbocycles. The number of nitrogens with zero attached hydrogens (tertiary/aromatic N) is 2. The van der Waals surface area contributed by atoms with Gasteiger partial charge >= 0.3 is 0 Å². The fourth-order valence-corrected chi connectivity index (χ4v) is 2.44. The topological polar surface area (TPSA) is 66.9 Å². The SMILES string of the molecule is CCC(C)Nc1ccc(C(=O)Nc2c(C)cc(C)cc2C)nn1. The number of hydrogen-bond acceptors (Lipinski definition) is 4. The molecule has 1 heterocycles. The molecule has 1 amide bonds. The standard InChI is InChI=1S/C18H24N4O/c1-6-14(5)19-16-8-7-15(21-22-16)18(23)20-17-12(3)9-11(2)10-13(17)4/h7-10,14H,6H2,1-5H3,(H,19,22)(H,20,23). The van der Waals surface area contributed by atoms with Crippen molar-refractivity contribution >= 4 is 17.4 Å². The van der Waals surface area contributed by atoms with Gasteiger partial charge < -0.3 is 10.6 Å². The van der Waals surface area contributed by atoms with Crippen LogP contribution in [0.4, 0.5) is 11.5 Å². The summed E-state index contributed by atoms with van der Waals surface area (Å²) in [6, 6.07) is 7.89. The Labute approximate surface area is 137 Å². The van der Waals surface area contributed by atoms with E-state index in [9.17, 15) is 4.79 Å². The van der Waals surface area contributed by atoms with Crippen molar-refractivity contribution in [1.29, 1.82) is 0 Å². The number of aryl methyl sites for hydroxylation is 3. The Morgan fingerprint density at radius 3 is 2.30 bits per heavy atom. The second-order valence-corrected chi connectivity index (χ2v) is 5.99. The third kappa shape index (κ3) is 4.28. The van der Waals surface area contributed by atoms with Crippen LogP contribution in [-0.2, 0) is 0 Å². The molecule has 1 atom stereocenters. The van der Waals surface area contributed by atoms with Crippen molar-refractivity contribution in [3.05, 3.63) is 46.6 Å². The van der Waals surface area contributed by atoms with Gasteiger partial charge in [0.2, 0.25) is 0 Å². The zero-order valence-electron chi connectivity index (χ0n) is 14.4. The lowest BCUT2D eigenvalue weighted by molar-refractivity contribution is 0.102. The summed E-state index contributed by atoms with van der Waals surface area (Å²) >= 11 is 0. The van der Waals surface area contributed by atoms with Gasteiger partial charge in [-0.3, -0.25) is 4.79 Å². The van der Waals surface area contributed by atoms with Crippen molar-refractivity contribution in [1.82, 2.24) is 10.2 Å². The molecular formula is C18H24N4O. The van der Waals surface area contributed by atoms with E-state index in [2.05, 4.69) is 34.7 Å². The van der Waals surface area contributed by atoms with Crippen LogP contribution in [0.15, 0.2) is 24.3 Å². The van der Waals surface area contributed by atoms with Crippen molar-refractivity contribution in [3.8, 4) is 0 Å². The molecule has 5 heteroatoms. The molecule has 0 saturated carbocycles. The maximum Gasteiger partial charge on any atom is 0.276 e. The summed E-state index contributed by atoms with van der Waals surface area (Å²) in [6.45, 7) is 10.2. The first-order valence-electron chi connectivity index (χ1n) is 7.90. The Balaban J connectivity index is 2.12. The Morgan fingerprint density at radius 1 is 1.13 bits per heavy atom. The average Bonchev–Trinajstić information content (AvgIpc) is 2.51. The van der Waals surface area contributed by atoms with E-state index in [-0.39, 0.29) is 5.91 Å². The maximum atomic E-state index is 12.4. The number of aromatic nitrogens is 2. The second-order valence-electron chi connectivity index (χ2n) is 5.99. The summed E-state index contributed by atoms with van der Waals surface area (Å²) in [5, 5.41) is 14.2. The Hall–Kier alpha value is -2.43. The van der Waals surface area contributed by atoms with E-state index in [0.29, 0.717) is 17.6 Å². The molecular weight excluding hydrogens is 288 g/mol. The van der Waals surface area contributed by atoms with Crippen LogP contribution >= 0.6 is 0 Å². The summed E-state index contributed by atoms with van der Waals surface area (Å²) in [7, 11) is 0. The molecule has 2 rings (SSSR count). The third-order valence-electron chi connectivity index (χ3n) is 3.82. The van der Waals surface area contributed by atoms with Gasteiger partial charge in [-0.15, -0.1) is 10.2 Å². The van der Waals surface area contributed by atoms with Crippen molar-refractivity contribution in [2.24, 2.45) is 0 Å². The van der Waals surface area contributed by atoms with E-state index in [1.54, 1.807) is 12.1 Å². The van der Waals surface area contributed by atoms with Crippen LogP contribution in [0.5, 0.6) is 0 Å². The van der Waals surface area contributed by atoms with Crippen molar-refractivity contribution in [2.45, 2.75) is 47.1 Å². The minimum absolute atomic E-state index is 0.248. The second kappa shape index (κ2) is 7.22. The molecule has 1 unspecified atom stereocenters. The minimum Gasteiger partial charge on any atom is -0.366 e. The van der Waals surface area contributed by atoms with E-state index < -0.39 is 0 Å². The van der Waals surface area contributed by atoms with Crippen LogP contribution in [0.25, 0.3) is 0 Å². The number of nitrogens with one attached hydrogen (secondary N) is 2. The molecule has 1 aromatic carbocycles. The predicted octanol–water partition coefficient (Wildman–Crippen LogP) is 3.86. The summed E-state index contributed by atoms with van der Waals surface area (Å²) in [5.41, 5.74) is 4.40. The Morgan fingerprint density at radius 2 is 1.78 bits per heavy atom. The molecule has 0 saturated heterocycles. The van der Waals surface area contributed by atoms with Gasteiger partial charge in [-0.25, -0.2) is 0 Å². The highest BCUT2D eigenvalue weighted by Gasteiger charge is 2.12. The third-order valence-corrected chi connectivity index (χ3v) is 3.82. The van der Waals surface area contributed by atoms with Gasteiger partial charge in [-0.2, -0.15) is 0 Å². The van der Waals surface area contributed by atoms with E-state index in [1.165, 1.54) is 5.56 Å². The van der Waals surface area contributed by atoms with Crippen LogP contribution in [0.2, 0.25) is 0 Å². The normalized spacial score (nSPS) is 11.9. The molecule has 0 aliphatic heterocycles. The lowest BCUT2D eigenvalue weighted by atomic mass is 10.1. The van der Waals surface area contributed by atoms with Crippen molar-refractivity contribution < 1.29 is 4.79 Å². The summed E-state index contributed by atoms with van der Waals surface area (Å²) in [6.07, 6.45) is 0.996. The lowest BCUT2D eigenvalue weighted by Gasteiger charge is -2.13. The van der Waals surface area contributed by atoms with Crippen molar-refractivity contribution in [2.75, 3.05) is 10.6 Å². The number of carbonyl (C=O) groups is 1. The van der Waals surface area contributed by atoms with E-state index in [4.69, 9.17) is 0 Å². The van der Waals surface area contributed by atoms with E-state index in [0.717, 1.165) is 23.2 Å². The van der Waals surface area contributed by atoms with Crippen LogP contribution in [0, 0.1) is 20.8 Å². The largest absolute Gasteiger partial charge is 0.366 e. The molecule has 0 bridgehead atoms. The number of hydrogen-bond donors (Lipinski definition) is 2. The monoisotopic (exact) mass is 312 g/mol. The molecule has 23 heavy (non-hydrogen) atoms. The molecule has 0 fully saturated rings. The first kappa shape index (κ1) is 16.9. The van der Waals surface area contributed by atoms with Gasteiger partial charge in [0.1, 0.15) is 5.82 Å². The molecule has 5 nitrogen and oxygen atoms in total. The number of carbonyl (C=O) groups excluding carboxylic acids is 1. The molecule has 0 spiro atoms. The van der Waals surface area contributed by atoms with E-state index in [1.807, 2.05) is 32.9 Å². The fourth-order valence-electron chi connectivity index (χ4n) is 2.44. The zero-order chi connectivity index (χ0) is 17.0. The van der Waals surface area contributed by atoms with Crippen molar-refractivity contribution in [3.63, 3.8) is 0 Å². The highest BCUT2D eigenvalue weighted by Crippen LogP contribution is 2.22. The molecule has 0 radical (unpaired) electrons.